The summed E-state index contributed by atoms with van der Waals surface area (Å²) in [6, 6.07) is 14.1. The lowest BCUT2D eigenvalue weighted by atomic mass is 9.73. The van der Waals surface area contributed by atoms with Gasteiger partial charge in [-0.1, -0.05) is 26.0 Å². The van der Waals surface area contributed by atoms with E-state index >= 15 is 0 Å². The molecule has 3 aromatic rings. The number of aliphatic hydroxyl groups is 1. The second-order valence-corrected chi connectivity index (χ2v) is 14.6. The van der Waals surface area contributed by atoms with Crippen LogP contribution in [0.15, 0.2) is 48.5 Å². The molecule has 1 aliphatic carbocycles. The normalized spacial score (nSPS) is 22.4. The molecule has 0 spiro atoms. The van der Waals surface area contributed by atoms with Crippen LogP contribution in [-0.2, 0) is 11.4 Å². The van der Waals surface area contributed by atoms with Crippen LogP contribution in [-0.4, -0.2) is 66.5 Å². The molecule has 0 unspecified atom stereocenters. The van der Waals surface area contributed by atoms with Gasteiger partial charge in [0.15, 0.2) is 0 Å². The number of halogens is 3. The predicted molar refractivity (Wildman–Crippen MR) is 167 cm³/mol. The molecule has 1 aliphatic heterocycles. The number of nitrogens with zero attached hydrogens (tertiary/aromatic N) is 4. The molecule has 3 atom stereocenters. The van der Waals surface area contributed by atoms with Crippen molar-refractivity contribution in [3.8, 4) is 22.9 Å². The molecule has 1 amide bonds. The maximum absolute atomic E-state index is 14.8. The third kappa shape index (κ3) is 7.14. The highest BCUT2D eigenvalue weighted by Crippen LogP contribution is 2.48. The predicted octanol–water partition coefficient (Wildman–Crippen LogP) is 5.92. The Bertz CT molecular complexity index is 1550. The highest BCUT2D eigenvalue weighted by atomic mass is 32.3. The zero-order valence-corrected chi connectivity index (χ0v) is 26.0. The van der Waals surface area contributed by atoms with Crippen LogP contribution < -0.4 is 10.2 Å². The molecule has 45 heavy (non-hydrogen) atoms. The van der Waals surface area contributed by atoms with Gasteiger partial charge in [-0.25, -0.2) is 17.9 Å². The Kier molecular flexibility index (Phi) is 9.51. The first kappa shape index (κ1) is 32.8. The summed E-state index contributed by atoms with van der Waals surface area (Å²) in [6.45, 7) is 4.00. The van der Waals surface area contributed by atoms with Gasteiger partial charge in [0.2, 0.25) is 11.8 Å². The number of aliphatic hydroxyl groups excluding tert-OH is 1. The van der Waals surface area contributed by atoms with Crippen molar-refractivity contribution in [3.05, 3.63) is 65.7 Å². The summed E-state index contributed by atoms with van der Waals surface area (Å²) < 4.78 is 65.0. The number of aromatic nitrogens is 2. The molecule has 1 saturated heterocycles. The second kappa shape index (κ2) is 13.0. The van der Waals surface area contributed by atoms with Crippen LogP contribution in [0.1, 0.15) is 50.4 Å². The average Bonchev–Trinajstić information content (AvgIpc) is 3.39. The molecule has 1 saturated carbocycles. The number of rotatable bonds is 8. The Morgan fingerprint density at radius 2 is 1.73 bits per heavy atom. The first-order chi connectivity index (χ1) is 21.3. The van der Waals surface area contributed by atoms with Crippen molar-refractivity contribution in [1.29, 1.82) is 5.26 Å². The van der Waals surface area contributed by atoms with E-state index in [4.69, 9.17) is 5.10 Å². The summed E-state index contributed by atoms with van der Waals surface area (Å²) in [5.41, 5.74) is 3.15. The van der Waals surface area contributed by atoms with Crippen molar-refractivity contribution in [2.75, 3.05) is 29.5 Å². The van der Waals surface area contributed by atoms with Gasteiger partial charge in [0.1, 0.15) is 11.9 Å². The van der Waals surface area contributed by atoms with E-state index in [9.17, 15) is 37.4 Å². The van der Waals surface area contributed by atoms with Gasteiger partial charge in [-0.3, -0.25) is 13.9 Å². The molecular formula is C32H38F3N5O4S. The summed E-state index contributed by atoms with van der Waals surface area (Å²) in [7, 11) is -2.57. The molecule has 5 rings (SSSR count). The van der Waals surface area contributed by atoms with Gasteiger partial charge in [0.05, 0.1) is 47.2 Å². The number of benzene rings is 2. The quantitative estimate of drug-likeness (QED) is 0.239. The van der Waals surface area contributed by atoms with E-state index in [1.165, 1.54) is 28.9 Å². The lowest BCUT2D eigenvalue weighted by Gasteiger charge is -2.41. The van der Waals surface area contributed by atoms with Gasteiger partial charge >= 0.3 is 0 Å². The molecule has 13 heteroatoms. The molecule has 9 nitrogen and oxygen atoms in total. The summed E-state index contributed by atoms with van der Waals surface area (Å²) in [4.78, 5) is 15.6. The van der Waals surface area contributed by atoms with E-state index < -0.39 is 65.6 Å². The zero-order valence-electron chi connectivity index (χ0n) is 25.2. The van der Waals surface area contributed by atoms with Crippen LogP contribution >= 0.6 is 10.6 Å². The molecule has 2 aromatic carbocycles. The van der Waals surface area contributed by atoms with E-state index in [1.54, 1.807) is 13.8 Å². The third-order valence-electron chi connectivity index (χ3n) is 8.74. The van der Waals surface area contributed by atoms with E-state index in [2.05, 4.69) is 5.32 Å². The fourth-order valence-corrected chi connectivity index (χ4v) is 7.39. The minimum Gasteiger partial charge on any atom is -0.390 e. The van der Waals surface area contributed by atoms with Crippen LogP contribution in [0.2, 0.25) is 0 Å². The van der Waals surface area contributed by atoms with Crippen molar-refractivity contribution in [1.82, 2.24) is 15.1 Å². The molecule has 2 aliphatic rings. The Morgan fingerprint density at radius 3 is 2.31 bits per heavy atom. The summed E-state index contributed by atoms with van der Waals surface area (Å²) in [5, 5.41) is 27.7. The number of hydrogen-bond donors (Lipinski definition) is 4. The number of carbonyl (C=O) groups is 1. The molecule has 2 heterocycles. The van der Waals surface area contributed by atoms with Gasteiger partial charge in [0, 0.05) is 43.1 Å². The maximum atomic E-state index is 14.8. The molecular weight excluding hydrogens is 607 g/mol. The lowest BCUT2D eigenvalue weighted by molar-refractivity contribution is -0.134. The summed E-state index contributed by atoms with van der Waals surface area (Å²) >= 11 is 0. The third-order valence-corrected chi connectivity index (χ3v) is 10.4. The Hall–Kier alpha value is -3.57. The van der Waals surface area contributed by atoms with Crippen LogP contribution in [0.25, 0.3) is 16.8 Å². The topological polar surface area (TPSA) is 135 Å². The largest absolute Gasteiger partial charge is 0.390 e. The fraction of sp³-hybridized carbons (Fsp3) is 0.469. The van der Waals surface area contributed by atoms with Crippen LogP contribution in [0.3, 0.4) is 0 Å². The van der Waals surface area contributed by atoms with E-state index in [-0.39, 0.29) is 23.8 Å². The van der Waals surface area contributed by atoms with Crippen molar-refractivity contribution in [2.24, 2.45) is 11.8 Å². The average molecular weight is 646 g/mol. The van der Waals surface area contributed by atoms with E-state index in [1.807, 2.05) is 35.2 Å². The Morgan fingerprint density at radius 1 is 1.11 bits per heavy atom. The van der Waals surface area contributed by atoms with Crippen molar-refractivity contribution < 1.29 is 32.2 Å². The molecule has 0 bridgehead atoms. The van der Waals surface area contributed by atoms with Crippen LogP contribution in [0.4, 0.5) is 18.9 Å². The molecule has 4 N–H and O–H groups in total. The fourth-order valence-electron chi connectivity index (χ4n) is 6.16. The number of anilines is 1. The second-order valence-electron chi connectivity index (χ2n) is 12.2. The summed E-state index contributed by atoms with van der Waals surface area (Å²) in [5.74, 6) is -5.84. The first-order valence-corrected chi connectivity index (χ1v) is 16.9. The minimum absolute atomic E-state index is 0.0550. The zero-order chi connectivity index (χ0) is 32.5. The number of nitriles is 1. The SMILES string of the molecule is CC(C)[C@@H](C#N)NC(=O)[C@@H]1CC(F)(F)CC[C@H]1c1nn(-c2ccc(F)cc2)c(CO)c1-c1ccc(N2CCS(O)(O)CC2)cc1. The maximum Gasteiger partial charge on any atom is 0.249 e. The van der Waals surface area contributed by atoms with Crippen molar-refractivity contribution in [3.63, 3.8) is 0 Å². The standard InChI is InChI=1S/C32H38F3N5O4S/c1-20(2)27(18-36)37-31(42)26-17-32(34,35)12-11-25(26)30-29(28(19-41)40(38-30)24-9-5-22(33)6-10-24)21-3-7-23(8-4-21)39-13-15-45(43,44)16-14-39/h3-10,20,25-27,41,43-44H,11-17,19H2,1-2H3,(H,37,42)/t25-,26-,27-/m1/s1. The van der Waals surface area contributed by atoms with E-state index in [0.29, 0.717) is 41.3 Å². The molecule has 0 radical (unpaired) electrons. The highest BCUT2D eigenvalue weighted by molar-refractivity contribution is 8.24. The summed E-state index contributed by atoms with van der Waals surface area (Å²) in [6.07, 6.45) is -1.23. The molecule has 242 valence electrons. The Labute approximate surface area is 262 Å². The smallest absolute Gasteiger partial charge is 0.249 e. The van der Waals surface area contributed by atoms with Crippen LogP contribution in [0, 0.1) is 29.0 Å². The van der Waals surface area contributed by atoms with Gasteiger partial charge in [-0.05, 0) is 54.3 Å². The number of alkyl halides is 2. The van der Waals surface area contributed by atoms with E-state index in [0.717, 1.165) is 5.69 Å². The number of hydrogen-bond acceptors (Lipinski definition) is 7. The monoisotopic (exact) mass is 645 g/mol. The number of amides is 1. The van der Waals surface area contributed by atoms with Crippen molar-refractivity contribution in [2.45, 2.75) is 57.6 Å². The number of carbonyl (C=O) groups excluding carboxylic acids is 1. The van der Waals surface area contributed by atoms with Gasteiger partial charge in [-0.2, -0.15) is 21.0 Å². The highest BCUT2D eigenvalue weighted by Gasteiger charge is 2.47. The van der Waals surface area contributed by atoms with Gasteiger partial charge < -0.3 is 15.3 Å². The van der Waals surface area contributed by atoms with Gasteiger partial charge in [0.25, 0.3) is 0 Å². The van der Waals surface area contributed by atoms with Crippen molar-refractivity contribution >= 4 is 22.2 Å². The lowest BCUT2D eigenvalue weighted by Crippen LogP contribution is -2.46. The Balaban J connectivity index is 1.60. The first-order valence-electron chi connectivity index (χ1n) is 15.0. The minimum atomic E-state index is -3.09. The number of nitrogens with one attached hydrogen (secondary N) is 1. The van der Waals surface area contributed by atoms with Gasteiger partial charge in [-0.15, -0.1) is 0 Å². The molecule has 1 aromatic heterocycles. The molecule has 2 fully saturated rings. The van der Waals surface area contributed by atoms with Crippen LogP contribution in [0.5, 0.6) is 0 Å².